The van der Waals surface area contributed by atoms with Gasteiger partial charge in [-0.2, -0.15) is 0 Å². The molecule has 0 aliphatic heterocycles. The van der Waals surface area contributed by atoms with Crippen molar-refractivity contribution in [1.29, 1.82) is 0 Å². The van der Waals surface area contributed by atoms with E-state index in [4.69, 9.17) is 9.47 Å². The van der Waals surface area contributed by atoms with Crippen LogP contribution in [0.5, 0.6) is 0 Å². The van der Waals surface area contributed by atoms with Crippen LogP contribution in [-0.2, 0) is 14.3 Å². The first-order valence-electron chi connectivity index (χ1n) is 14.4. The summed E-state index contributed by atoms with van der Waals surface area (Å²) in [5.41, 5.74) is -4.42. The number of carbonyl (C=O) groups excluding carboxylic acids is 3. The Morgan fingerprint density at radius 2 is 1.48 bits per heavy atom. The average Bonchev–Trinajstić information content (AvgIpc) is 3.43. The van der Waals surface area contributed by atoms with Crippen molar-refractivity contribution in [1.82, 2.24) is 0 Å². The van der Waals surface area contributed by atoms with Gasteiger partial charge in [-0.25, -0.2) is 9.59 Å². The zero-order chi connectivity index (χ0) is 30.2. The van der Waals surface area contributed by atoms with E-state index in [1.807, 2.05) is 13.8 Å². The van der Waals surface area contributed by atoms with Gasteiger partial charge in [0.1, 0.15) is 22.9 Å². The van der Waals surface area contributed by atoms with Crippen LogP contribution in [0.3, 0.4) is 0 Å². The second kappa shape index (κ2) is 9.46. The SMILES string of the molecule is CC1=C[C@H]2[C@@]3(OC(=O)c4ccccc4)[C@H](C)[C@@H](O)[C@]4(OC(=O)c5ccccc5)[C@H]([C@@H]3C=C(CO)C[C@]2(O)C1=O)C4(C)C. The molecule has 220 valence electrons. The summed E-state index contributed by atoms with van der Waals surface area (Å²) in [6.07, 6.45) is 1.94. The van der Waals surface area contributed by atoms with E-state index in [-0.39, 0.29) is 12.0 Å². The number of esters is 2. The van der Waals surface area contributed by atoms with Crippen LogP contribution in [-0.4, -0.2) is 62.6 Å². The van der Waals surface area contributed by atoms with Crippen LogP contribution in [0.25, 0.3) is 0 Å². The summed E-state index contributed by atoms with van der Waals surface area (Å²) < 4.78 is 12.7. The highest BCUT2D eigenvalue weighted by molar-refractivity contribution is 6.05. The van der Waals surface area contributed by atoms with Crippen molar-refractivity contribution >= 4 is 17.7 Å². The number of aliphatic hydroxyl groups excluding tert-OH is 2. The molecule has 4 aliphatic rings. The number of ether oxygens (including phenoxy) is 2. The first-order valence-corrected chi connectivity index (χ1v) is 14.4. The molecule has 4 aliphatic carbocycles. The van der Waals surface area contributed by atoms with Gasteiger partial charge in [0.25, 0.3) is 0 Å². The Bertz CT molecular complexity index is 1510. The molecule has 6 rings (SSSR count). The van der Waals surface area contributed by atoms with Gasteiger partial charge in [-0.05, 0) is 42.3 Å². The van der Waals surface area contributed by atoms with E-state index in [9.17, 15) is 29.7 Å². The zero-order valence-electron chi connectivity index (χ0n) is 24.1. The summed E-state index contributed by atoms with van der Waals surface area (Å²) in [7, 11) is 0. The molecule has 0 saturated heterocycles. The van der Waals surface area contributed by atoms with E-state index >= 15 is 0 Å². The lowest BCUT2D eigenvalue weighted by Crippen LogP contribution is -2.67. The molecule has 8 atom stereocenters. The third kappa shape index (κ3) is 3.61. The molecular weight excluding hydrogens is 536 g/mol. The highest BCUT2D eigenvalue weighted by atomic mass is 16.6. The van der Waals surface area contributed by atoms with E-state index < -0.39 is 76.3 Å². The van der Waals surface area contributed by atoms with Crippen molar-refractivity contribution in [3.63, 3.8) is 0 Å². The molecule has 2 aromatic rings. The van der Waals surface area contributed by atoms with Gasteiger partial charge in [0.2, 0.25) is 0 Å². The third-order valence-corrected chi connectivity index (χ3v) is 10.5. The normalized spacial score (nSPS) is 37.7. The monoisotopic (exact) mass is 572 g/mol. The standard InChI is InChI=1S/C34H36O8/c1-19-15-25-32(40,27(19)36)17-21(18-35)16-24-26-31(3,4)34(26,42-30(39)23-13-9-6-10-14-23)28(37)20(2)33(24,25)41-29(38)22-11-7-5-8-12-22/h5-16,20,24-26,28,35,37,40H,17-18H2,1-4H3/t20-,24+,25-,26-,28-,32-,33-,34-/m1/s1. The molecule has 0 unspecified atom stereocenters. The minimum Gasteiger partial charge on any atom is -0.454 e. The fourth-order valence-corrected chi connectivity index (χ4v) is 8.44. The van der Waals surface area contributed by atoms with Gasteiger partial charge in [-0.3, -0.25) is 4.79 Å². The summed E-state index contributed by atoms with van der Waals surface area (Å²) in [6.45, 7) is 6.68. The Morgan fingerprint density at radius 1 is 0.929 bits per heavy atom. The first-order chi connectivity index (χ1) is 19.9. The van der Waals surface area contributed by atoms with Crippen LogP contribution in [0.1, 0.15) is 54.8 Å². The minimum atomic E-state index is -2.00. The van der Waals surface area contributed by atoms with Crippen molar-refractivity contribution in [3.8, 4) is 0 Å². The summed E-state index contributed by atoms with van der Waals surface area (Å²) >= 11 is 0. The number of fused-ring (bicyclic) bond motifs is 5. The van der Waals surface area contributed by atoms with Crippen LogP contribution in [0.4, 0.5) is 0 Å². The highest BCUT2D eigenvalue weighted by Crippen LogP contribution is 2.77. The lowest BCUT2D eigenvalue weighted by atomic mass is 9.58. The largest absolute Gasteiger partial charge is 0.454 e. The molecule has 0 bridgehead atoms. The zero-order valence-corrected chi connectivity index (χ0v) is 24.1. The van der Waals surface area contributed by atoms with Gasteiger partial charge in [-0.15, -0.1) is 0 Å². The number of Topliss-reactive ketones (excluding diaryl/α,β-unsaturated/α-hetero) is 1. The molecule has 2 saturated carbocycles. The fourth-order valence-electron chi connectivity index (χ4n) is 8.44. The summed E-state index contributed by atoms with van der Waals surface area (Å²) in [6, 6.07) is 16.9. The molecule has 0 heterocycles. The van der Waals surface area contributed by atoms with Gasteiger partial charge < -0.3 is 24.8 Å². The number of benzene rings is 2. The van der Waals surface area contributed by atoms with Gasteiger partial charge in [0.05, 0.1) is 23.7 Å². The van der Waals surface area contributed by atoms with Crippen molar-refractivity contribution in [2.24, 2.45) is 29.1 Å². The number of hydrogen-bond acceptors (Lipinski definition) is 8. The maximum absolute atomic E-state index is 13.8. The van der Waals surface area contributed by atoms with Crippen LogP contribution in [0.15, 0.2) is 84.0 Å². The molecule has 8 heteroatoms. The predicted molar refractivity (Wildman–Crippen MR) is 152 cm³/mol. The topological polar surface area (TPSA) is 130 Å². The van der Waals surface area contributed by atoms with Crippen molar-refractivity contribution < 1.29 is 39.2 Å². The Morgan fingerprint density at radius 3 is 2.02 bits per heavy atom. The Labute approximate surface area is 244 Å². The number of carbonyl (C=O) groups is 3. The Kier molecular flexibility index (Phi) is 6.42. The molecule has 2 fully saturated rings. The van der Waals surface area contributed by atoms with Crippen molar-refractivity contribution in [3.05, 3.63) is 95.1 Å². The lowest BCUT2D eigenvalue weighted by Gasteiger charge is -2.54. The van der Waals surface area contributed by atoms with Crippen LogP contribution < -0.4 is 0 Å². The van der Waals surface area contributed by atoms with Crippen molar-refractivity contribution in [2.75, 3.05) is 6.61 Å². The molecule has 3 N–H and O–H groups in total. The molecule has 0 amide bonds. The van der Waals surface area contributed by atoms with E-state index in [1.165, 1.54) is 0 Å². The second-order valence-corrected chi connectivity index (χ2v) is 12.9. The summed E-state index contributed by atoms with van der Waals surface area (Å²) in [5.74, 6) is -4.99. The third-order valence-electron chi connectivity index (χ3n) is 10.5. The first kappa shape index (κ1) is 28.5. The predicted octanol–water partition coefficient (Wildman–Crippen LogP) is 3.66. The summed E-state index contributed by atoms with van der Waals surface area (Å²) in [4.78, 5) is 40.8. The molecule has 2 aromatic carbocycles. The van der Waals surface area contributed by atoms with Gasteiger partial charge in [0.15, 0.2) is 5.78 Å². The van der Waals surface area contributed by atoms with Crippen molar-refractivity contribution in [2.45, 2.75) is 57.0 Å². The molecule has 42 heavy (non-hydrogen) atoms. The molecule has 8 nitrogen and oxygen atoms in total. The highest BCUT2D eigenvalue weighted by Gasteiger charge is 2.87. The van der Waals surface area contributed by atoms with Gasteiger partial charge >= 0.3 is 11.9 Å². The average molecular weight is 573 g/mol. The summed E-state index contributed by atoms with van der Waals surface area (Å²) in [5, 5.41) is 34.7. The lowest BCUT2D eigenvalue weighted by molar-refractivity contribution is -0.210. The number of ketones is 1. The fraction of sp³-hybridized carbons (Fsp3) is 0.441. The smallest absolute Gasteiger partial charge is 0.338 e. The van der Waals surface area contributed by atoms with E-state index in [0.29, 0.717) is 16.7 Å². The van der Waals surface area contributed by atoms with E-state index in [0.717, 1.165) is 0 Å². The molecule has 0 aromatic heterocycles. The second-order valence-electron chi connectivity index (χ2n) is 12.9. The van der Waals surface area contributed by atoms with E-state index in [1.54, 1.807) is 86.7 Å². The maximum Gasteiger partial charge on any atom is 0.338 e. The van der Waals surface area contributed by atoms with Crippen LogP contribution in [0, 0.1) is 29.1 Å². The maximum atomic E-state index is 13.8. The van der Waals surface area contributed by atoms with E-state index in [2.05, 4.69) is 0 Å². The Balaban J connectivity index is 1.55. The molecule has 0 spiro atoms. The van der Waals surface area contributed by atoms with Gasteiger partial charge in [0, 0.05) is 29.6 Å². The van der Waals surface area contributed by atoms with Gasteiger partial charge in [-0.1, -0.05) is 69.3 Å². The molecular formula is C34H36O8. The molecule has 0 radical (unpaired) electrons. The Hall–Kier alpha value is -3.59. The van der Waals surface area contributed by atoms with Crippen LogP contribution in [0.2, 0.25) is 0 Å². The minimum absolute atomic E-state index is 0.158. The number of rotatable bonds is 5. The quantitative estimate of drug-likeness (QED) is 0.366. The number of hydrogen-bond donors (Lipinski definition) is 3. The van der Waals surface area contributed by atoms with Crippen LogP contribution >= 0.6 is 0 Å². The number of aliphatic hydroxyl groups is 3.